The lowest BCUT2D eigenvalue weighted by molar-refractivity contribution is -0.126. The smallest absolute Gasteiger partial charge is 0.245 e. The van der Waals surface area contributed by atoms with Crippen molar-refractivity contribution < 1.29 is 9.90 Å². The van der Waals surface area contributed by atoms with Gasteiger partial charge in [0.25, 0.3) is 0 Å². The molecule has 1 fully saturated rings. The fourth-order valence-corrected chi connectivity index (χ4v) is 2.12. The highest BCUT2D eigenvalue weighted by Gasteiger charge is 2.35. The molecule has 0 aliphatic carbocycles. The average molecular weight is 264 g/mol. The van der Waals surface area contributed by atoms with Crippen LogP contribution in [0.3, 0.4) is 0 Å². The summed E-state index contributed by atoms with van der Waals surface area (Å²) in [6.07, 6.45) is 1.53. The molecule has 1 aliphatic rings. The maximum atomic E-state index is 12.4. The van der Waals surface area contributed by atoms with E-state index in [1.807, 2.05) is 13.8 Å². The highest BCUT2D eigenvalue weighted by atomic mass is 16.3. The van der Waals surface area contributed by atoms with E-state index in [0.717, 1.165) is 26.2 Å². The highest BCUT2D eigenvalue weighted by Crippen LogP contribution is 2.22. The van der Waals surface area contributed by atoms with Gasteiger partial charge in [-0.1, -0.05) is 0 Å². The van der Waals surface area contributed by atoms with Gasteiger partial charge in [0.2, 0.25) is 5.91 Å². The molecule has 1 saturated heterocycles. The second-order valence-electron chi connectivity index (χ2n) is 5.12. The van der Waals surface area contributed by atoms with Gasteiger partial charge in [-0.2, -0.15) is 0 Å². The van der Waals surface area contributed by atoms with Crippen LogP contribution in [-0.4, -0.2) is 52.6 Å². The number of hydrogen-bond acceptors (Lipinski definition) is 5. The number of anilines is 1. The van der Waals surface area contributed by atoms with Crippen molar-refractivity contribution in [2.45, 2.75) is 19.4 Å². The van der Waals surface area contributed by atoms with Crippen LogP contribution >= 0.6 is 0 Å². The lowest BCUT2D eigenvalue weighted by atomic mass is 10.0. The third kappa shape index (κ3) is 3.02. The van der Waals surface area contributed by atoms with Crippen LogP contribution in [0.4, 0.5) is 5.82 Å². The van der Waals surface area contributed by atoms with Crippen molar-refractivity contribution in [3.05, 3.63) is 18.3 Å². The normalized spacial score (nSPS) is 17.2. The maximum Gasteiger partial charge on any atom is 0.245 e. The summed E-state index contributed by atoms with van der Waals surface area (Å²) in [6.45, 7) is 7.18. The number of amides is 1. The maximum absolute atomic E-state index is 12.4. The second-order valence-corrected chi connectivity index (χ2v) is 5.12. The van der Waals surface area contributed by atoms with Crippen molar-refractivity contribution in [3.63, 3.8) is 0 Å². The molecule has 19 heavy (non-hydrogen) atoms. The molecule has 1 aromatic rings. The fourth-order valence-electron chi connectivity index (χ4n) is 2.12. The number of nitrogens with zero attached hydrogens (tertiary/aromatic N) is 2. The van der Waals surface area contributed by atoms with E-state index < -0.39 is 5.54 Å². The molecular formula is C13H20N4O2. The Bertz CT molecular complexity index is 456. The molecule has 0 aromatic carbocycles. The minimum atomic E-state index is -0.633. The van der Waals surface area contributed by atoms with Crippen LogP contribution < -0.4 is 10.6 Å². The summed E-state index contributed by atoms with van der Waals surface area (Å²) in [7, 11) is 0. The molecule has 0 unspecified atom stereocenters. The molecule has 6 heteroatoms. The first-order chi connectivity index (χ1) is 9.01. The third-order valence-corrected chi connectivity index (χ3v) is 3.48. The van der Waals surface area contributed by atoms with Crippen LogP contribution in [0.25, 0.3) is 0 Å². The van der Waals surface area contributed by atoms with Crippen LogP contribution in [0.15, 0.2) is 18.3 Å². The van der Waals surface area contributed by atoms with E-state index in [1.54, 1.807) is 6.07 Å². The van der Waals surface area contributed by atoms with Gasteiger partial charge >= 0.3 is 0 Å². The van der Waals surface area contributed by atoms with E-state index in [1.165, 1.54) is 12.3 Å². The Morgan fingerprint density at radius 2 is 2.16 bits per heavy atom. The van der Waals surface area contributed by atoms with Gasteiger partial charge in [0.1, 0.15) is 0 Å². The van der Waals surface area contributed by atoms with Crippen LogP contribution in [0.5, 0.6) is 5.75 Å². The Morgan fingerprint density at radius 3 is 2.79 bits per heavy atom. The minimum Gasteiger partial charge on any atom is -0.504 e. The fraction of sp³-hybridized carbons (Fsp3) is 0.538. The molecule has 2 heterocycles. The predicted molar refractivity (Wildman–Crippen MR) is 73.1 cm³/mol. The molecule has 0 saturated carbocycles. The van der Waals surface area contributed by atoms with E-state index in [9.17, 15) is 9.90 Å². The Kier molecular flexibility index (Phi) is 4.01. The van der Waals surface area contributed by atoms with Crippen molar-refractivity contribution in [2.24, 2.45) is 0 Å². The zero-order valence-corrected chi connectivity index (χ0v) is 11.3. The molecule has 0 spiro atoms. The number of pyridine rings is 1. The summed E-state index contributed by atoms with van der Waals surface area (Å²) < 4.78 is 0. The van der Waals surface area contributed by atoms with Gasteiger partial charge in [-0.25, -0.2) is 4.98 Å². The summed E-state index contributed by atoms with van der Waals surface area (Å²) in [5, 5.41) is 15.6. The van der Waals surface area contributed by atoms with E-state index in [0.29, 0.717) is 0 Å². The molecule has 6 nitrogen and oxygen atoms in total. The van der Waals surface area contributed by atoms with Crippen molar-refractivity contribution in [3.8, 4) is 5.75 Å². The van der Waals surface area contributed by atoms with Crippen molar-refractivity contribution in [1.29, 1.82) is 0 Å². The first-order valence-corrected chi connectivity index (χ1v) is 6.43. The number of carbonyl (C=O) groups excluding carboxylic acids is 1. The molecule has 0 radical (unpaired) electrons. The Labute approximate surface area is 112 Å². The summed E-state index contributed by atoms with van der Waals surface area (Å²) in [5.74, 6) is 0.0195. The van der Waals surface area contributed by atoms with E-state index in [2.05, 4.69) is 20.5 Å². The second kappa shape index (κ2) is 5.54. The number of carbonyl (C=O) groups is 1. The number of hydrogen-bond donors (Lipinski definition) is 3. The standard InChI is InChI=1S/C13H20N4O2/c1-13(2,17-8-6-14-7-9-17)12(19)16-11-10(18)4-3-5-15-11/h3-5,14,18H,6-9H2,1-2H3,(H,15,16,19). The average Bonchev–Trinajstić information content (AvgIpc) is 2.42. The Hall–Kier alpha value is -1.66. The van der Waals surface area contributed by atoms with Gasteiger partial charge in [0.15, 0.2) is 11.6 Å². The van der Waals surface area contributed by atoms with Gasteiger partial charge in [0.05, 0.1) is 5.54 Å². The first kappa shape index (κ1) is 13.8. The summed E-state index contributed by atoms with van der Waals surface area (Å²) >= 11 is 0. The minimum absolute atomic E-state index is 0.0213. The van der Waals surface area contributed by atoms with Gasteiger partial charge in [-0.15, -0.1) is 0 Å². The highest BCUT2D eigenvalue weighted by molar-refractivity contribution is 5.97. The van der Waals surface area contributed by atoms with E-state index in [-0.39, 0.29) is 17.5 Å². The molecule has 2 rings (SSSR count). The van der Waals surface area contributed by atoms with Gasteiger partial charge < -0.3 is 15.7 Å². The van der Waals surface area contributed by atoms with Crippen LogP contribution in [0.2, 0.25) is 0 Å². The van der Waals surface area contributed by atoms with Crippen LogP contribution in [0, 0.1) is 0 Å². The monoisotopic (exact) mass is 264 g/mol. The molecule has 0 bridgehead atoms. The van der Waals surface area contributed by atoms with E-state index >= 15 is 0 Å². The Balaban J connectivity index is 2.08. The lowest BCUT2D eigenvalue weighted by Crippen LogP contribution is -2.58. The molecule has 1 aliphatic heterocycles. The first-order valence-electron chi connectivity index (χ1n) is 6.43. The zero-order chi connectivity index (χ0) is 13.9. The molecule has 1 amide bonds. The molecule has 104 valence electrons. The number of piperazine rings is 1. The number of aromatic nitrogens is 1. The summed E-state index contributed by atoms with van der Waals surface area (Å²) in [5.41, 5.74) is -0.633. The predicted octanol–water partition coefficient (Wildman–Crippen LogP) is 0.409. The topological polar surface area (TPSA) is 77.5 Å². The van der Waals surface area contributed by atoms with Gasteiger partial charge in [-0.05, 0) is 26.0 Å². The van der Waals surface area contributed by atoms with Crippen molar-refractivity contribution in [2.75, 3.05) is 31.5 Å². The van der Waals surface area contributed by atoms with Gasteiger partial charge in [0, 0.05) is 32.4 Å². The Morgan fingerprint density at radius 1 is 1.47 bits per heavy atom. The molecule has 1 aromatic heterocycles. The molecular weight excluding hydrogens is 244 g/mol. The molecule has 0 atom stereocenters. The number of rotatable bonds is 3. The molecule has 3 N–H and O–H groups in total. The SMILES string of the molecule is CC(C)(C(=O)Nc1ncccc1O)N1CCNCC1. The van der Waals surface area contributed by atoms with Crippen molar-refractivity contribution >= 4 is 11.7 Å². The van der Waals surface area contributed by atoms with Gasteiger partial charge in [-0.3, -0.25) is 9.69 Å². The van der Waals surface area contributed by atoms with E-state index in [4.69, 9.17) is 0 Å². The third-order valence-electron chi connectivity index (χ3n) is 3.48. The quantitative estimate of drug-likeness (QED) is 0.737. The summed E-state index contributed by atoms with van der Waals surface area (Å²) in [6, 6.07) is 3.12. The largest absolute Gasteiger partial charge is 0.504 e. The lowest BCUT2D eigenvalue weighted by Gasteiger charge is -2.39. The van der Waals surface area contributed by atoms with Crippen LogP contribution in [-0.2, 0) is 4.79 Å². The van der Waals surface area contributed by atoms with Crippen molar-refractivity contribution in [1.82, 2.24) is 15.2 Å². The summed E-state index contributed by atoms with van der Waals surface area (Å²) in [4.78, 5) is 18.4. The number of nitrogens with one attached hydrogen (secondary N) is 2. The number of aromatic hydroxyl groups is 1. The zero-order valence-electron chi connectivity index (χ0n) is 11.3. The van der Waals surface area contributed by atoms with Crippen LogP contribution in [0.1, 0.15) is 13.8 Å².